The minimum Gasteiger partial charge on any atom is -0.478 e. The van der Waals surface area contributed by atoms with Gasteiger partial charge < -0.3 is 15.5 Å². The number of carbonyl (C=O) groups is 1. The van der Waals surface area contributed by atoms with Gasteiger partial charge in [0.2, 0.25) is 0 Å². The molecule has 0 saturated carbocycles. The van der Waals surface area contributed by atoms with E-state index in [0.717, 1.165) is 0 Å². The first-order chi connectivity index (χ1) is 7.95. The number of carboxylic acid groups (broad SMARTS) is 1. The van der Waals surface area contributed by atoms with E-state index in [1.54, 1.807) is 6.07 Å². The second-order valence-electron chi connectivity index (χ2n) is 4.09. The van der Waals surface area contributed by atoms with Gasteiger partial charge in [0.25, 0.3) is 0 Å². The maximum atomic E-state index is 10.7. The fourth-order valence-corrected chi connectivity index (χ4v) is 1.55. The van der Waals surface area contributed by atoms with Crippen molar-refractivity contribution < 1.29 is 15.0 Å². The molecule has 0 saturated heterocycles. The molecule has 0 heterocycles. The van der Waals surface area contributed by atoms with Crippen molar-refractivity contribution in [2.45, 2.75) is 19.9 Å². The second kappa shape index (κ2) is 5.89. The summed E-state index contributed by atoms with van der Waals surface area (Å²) in [6, 6.07) is 4.58. The molecule has 1 aromatic rings. The normalized spacial score (nSPS) is 14.1. The van der Waals surface area contributed by atoms with Crippen molar-refractivity contribution in [1.82, 2.24) is 0 Å². The van der Waals surface area contributed by atoms with Crippen molar-refractivity contribution in [2.75, 3.05) is 11.9 Å². The van der Waals surface area contributed by atoms with Gasteiger partial charge in [0, 0.05) is 12.6 Å². The molecule has 2 atom stereocenters. The highest BCUT2D eigenvalue weighted by atomic mass is 35.5. The Hall–Kier alpha value is -1.26. The number of aliphatic hydroxyl groups excluding tert-OH is 1. The molecule has 5 heteroatoms. The Bertz CT molecular complexity index is 409. The van der Waals surface area contributed by atoms with Gasteiger partial charge in [-0.1, -0.05) is 18.5 Å². The molecule has 1 aromatic carbocycles. The molecule has 0 bridgehead atoms. The quantitative estimate of drug-likeness (QED) is 0.758. The number of hydrogen-bond donors (Lipinski definition) is 3. The summed E-state index contributed by atoms with van der Waals surface area (Å²) in [6.45, 7) is 3.93. The molecule has 0 spiro atoms. The van der Waals surface area contributed by atoms with E-state index in [-0.39, 0.29) is 24.1 Å². The third kappa shape index (κ3) is 3.61. The molecular formula is C12H16ClNO3. The minimum atomic E-state index is -1.00. The number of nitrogens with one attached hydrogen (secondary N) is 1. The van der Waals surface area contributed by atoms with Gasteiger partial charge in [-0.3, -0.25) is 0 Å². The lowest BCUT2D eigenvalue weighted by Gasteiger charge is -2.21. The van der Waals surface area contributed by atoms with Crippen molar-refractivity contribution >= 4 is 23.3 Å². The summed E-state index contributed by atoms with van der Waals surface area (Å²) in [6.07, 6.45) is 0. The van der Waals surface area contributed by atoms with Gasteiger partial charge in [0.05, 0.1) is 16.3 Å². The summed E-state index contributed by atoms with van der Waals surface area (Å²) in [5, 5.41) is 21.3. The van der Waals surface area contributed by atoms with E-state index in [1.165, 1.54) is 12.1 Å². The van der Waals surface area contributed by atoms with Crippen LogP contribution in [0.2, 0.25) is 5.02 Å². The van der Waals surface area contributed by atoms with Gasteiger partial charge in [-0.05, 0) is 31.0 Å². The zero-order valence-corrected chi connectivity index (χ0v) is 10.5. The average molecular weight is 258 g/mol. The van der Waals surface area contributed by atoms with Crippen LogP contribution in [0.1, 0.15) is 24.2 Å². The Morgan fingerprint density at radius 3 is 2.59 bits per heavy atom. The first-order valence-corrected chi connectivity index (χ1v) is 5.73. The number of rotatable bonds is 5. The molecule has 0 aliphatic rings. The predicted molar refractivity (Wildman–Crippen MR) is 67.7 cm³/mol. The van der Waals surface area contributed by atoms with Crippen molar-refractivity contribution in [2.24, 2.45) is 5.92 Å². The van der Waals surface area contributed by atoms with Crippen molar-refractivity contribution in [1.29, 1.82) is 0 Å². The number of anilines is 1. The molecule has 94 valence electrons. The fraction of sp³-hybridized carbons (Fsp3) is 0.417. The van der Waals surface area contributed by atoms with Crippen LogP contribution in [0, 0.1) is 5.92 Å². The van der Waals surface area contributed by atoms with Gasteiger partial charge >= 0.3 is 5.97 Å². The highest BCUT2D eigenvalue weighted by molar-refractivity contribution is 6.33. The highest BCUT2D eigenvalue weighted by Crippen LogP contribution is 2.24. The minimum absolute atomic E-state index is 0.0492. The Morgan fingerprint density at radius 1 is 1.47 bits per heavy atom. The highest BCUT2D eigenvalue weighted by Gasteiger charge is 2.13. The summed E-state index contributed by atoms with van der Waals surface area (Å²) >= 11 is 5.98. The molecule has 0 fully saturated rings. The van der Waals surface area contributed by atoms with Crippen LogP contribution in [0.25, 0.3) is 0 Å². The Morgan fingerprint density at radius 2 is 2.12 bits per heavy atom. The average Bonchev–Trinajstić information content (AvgIpc) is 2.30. The van der Waals surface area contributed by atoms with Crippen LogP contribution in [0.5, 0.6) is 0 Å². The molecule has 0 aromatic heterocycles. The van der Waals surface area contributed by atoms with Crippen molar-refractivity contribution in [3.63, 3.8) is 0 Å². The number of halogens is 1. The molecule has 4 nitrogen and oxygen atoms in total. The van der Waals surface area contributed by atoms with Gasteiger partial charge in [-0.15, -0.1) is 0 Å². The number of aliphatic hydroxyl groups is 1. The van der Waals surface area contributed by atoms with Crippen LogP contribution in [-0.4, -0.2) is 28.8 Å². The largest absolute Gasteiger partial charge is 0.478 e. The number of benzene rings is 1. The number of hydrogen-bond acceptors (Lipinski definition) is 3. The number of carboxylic acids is 1. The van der Waals surface area contributed by atoms with Crippen LogP contribution in [0.4, 0.5) is 5.69 Å². The van der Waals surface area contributed by atoms with Crippen molar-refractivity contribution in [3.8, 4) is 0 Å². The first-order valence-electron chi connectivity index (χ1n) is 5.36. The summed E-state index contributed by atoms with van der Waals surface area (Å²) in [7, 11) is 0. The van der Waals surface area contributed by atoms with Crippen molar-refractivity contribution in [3.05, 3.63) is 28.8 Å². The Balaban J connectivity index is 2.82. The lowest BCUT2D eigenvalue weighted by molar-refractivity contribution is 0.0697. The zero-order valence-electron chi connectivity index (χ0n) is 9.77. The molecular weight excluding hydrogens is 242 g/mol. The van der Waals surface area contributed by atoms with E-state index >= 15 is 0 Å². The Kier molecular flexibility index (Phi) is 4.78. The molecule has 1 rings (SSSR count). The summed E-state index contributed by atoms with van der Waals surface area (Å²) in [5.41, 5.74) is 0.827. The molecule has 0 radical (unpaired) electrons. The third-order valence-electron chi connectivity index (χ3n) is 2.74. The van der Waals surface area contributed by atoms with Crippen LogP contribution >= 0.6 is 11.6 Å². The SMILES string of the molecule is CC(CO)C(C)Nc1ccc(C(=O)O)cc1Cl. The molecule has 17 heavy (non-hydrogen) atoms. The standard InChI is InChI=1S/C12H16ClNO3/c1-7(6-15)8(2)14-11-4-3-9(12(16)17)5-10(11)13/h3-5,7-8,14-15H,6H2,1-2H3,(H,16,17). The van der Waals surface area contributed by atoms with E-state index in [9.17, 15) is 4.79 Å². The van der Waals surface area contributed by atoms with E-state index in [2.05, 4.69) is 5.32 Å². The van der Waals surface area contributed by atoms with Gasteiger partial charge in [-0.2, -0.15) is 0 Å². The fourth-order valence-electron chi connectivity index (χ4n) is 1.31. The van der Waals surface area contributed by atoms with Crippen LogP contribution in [0.3, 0.4) is 0 Å². The zero-order chi connectivity index (χ0) is 13.0. The third-order valence-corrected chi connectivity index (χ3v) is 3.05. The number of aromatic carboxylic acids is 1. The van der Waals surface area contributed by atoms with Crippen LogP contribution in [0.15, 0.2) is 18.2 Å². The molecule has 3 N–H and O–H groups in total. The second-order valence-corrected chi connectivity index (χ2v) is 4.50. The molecule has 0 aliphatic heterocycles. The van der Waals surface area contributed by atoms with E-state index in [4.69, 9.17) is 21.8 Å². The van der Waals surface area contributed by atoms with E-state index in [0.29, 0.717) is 10.7 Å². The van der Waals surface area contributed by atoms with E-state index in [1.807, 2.05) is 13.8 Å². The maximum absolute atomic E-state index is 10.7. The lowest BCUT2D eigenvalue weighted by Crippen LogP contribution is -2.26. The molecule has 0 aliphatic carbocycles. The monoisotopic (exact) mass is 257 g/mol. The van der Waals surface area contributed by atoms with Crippen LogP contribution in [-0.2, 0) is 0 Å². The van der Waals surface area contributed by atoms with E-state index < -0.39 is 5.97 Å². The van der Waals surface area contributed by atoms with Crippen LogP contribution < -0.4 is 5.32 Å². The van der Waals surface area contributed by atoms with Gasteiger partial charge in [0.15, 0.2) is 0 Å². The Labute approximate surface area is 105 Å². The summed E-state index contributed by atoms with van der Waals surface area (Å²) < 4.78 is 0. The topological polar surface area (TPSA) is 69.6 Å². The predicted octanol–water partition coefficient (Wildman–Crippen LogP) is 2.47. The van der Waals surface area contributed by atoms with Gasteiger partial charge in [-0.25, -0.2) is 4.79 Å². The lowest BCUT2D eigenvalue weighted by atomic mass is 10.0. The summed E-state index contributed by atoms with van der Waals surface area (Å²) in [5.74, 6) is -0.916. The first kappa shape index (κ1) is 13.8. The summed E-state index contributed by atoms with van der Waals surface area (Å²) in [4.78, 5) is 10.7. The smallest absolute Gasteiger partial charge is 0.335 e. The molecule has 2 unspecified atom stereocenters. The molecule has 0 amide bonds. The maximum Gasteiger partial charge on any atom is 0.335 e. The van der Waals surface area contributed by atoms with Gasteiger partial charge in [0.1, 0.15) is 0 Å².